The summed E-state index contributed by atoms with van der Waals surface area (Å²) in [6.07, 6.45) is 6.93. The zero-order valence-corrected chi connectivity index (χ0v) is 18.0. The van der Waals surface area contributed by atoms with Crippen molar-refractivity contribution in [3.8, 4) is 11.3 Å². The van der Waals surface area contributed by atoms with Crippen LogP contribution >= 0.6 is 0 Å². The lowest BCUT2D eigenvalue weighted by Crippen LogP contribution is -2.12. The van der Waals surface area contributed by atoms with Gasteiger partial charge in [0.05, 0.1) is 30.3 Å². The van der Waals surface area contributed by atoms with E-state index in [0.717, 1.165) is 22.5 Å². The number of nitrogens with one attached hydrogen (secondary N) is 1. The first kappa shape index (κ1) is 19.7. The number of hydrogen-bond donors (Lipinski definition) is 1. The van der Waals surface area contributed by atoms with E-state index in [0.29, 0.717) is 17.9 Å². The Bertz CT molecular complexity index is 1440. The van der Waals surface area contributed by atoms with E-state index in [2.05, 4.69) is 50.7 Å². The van der Waals surface area contributed by atoms with Gasteiger partial charge in [-0.15, -0.1) is 0 Å². The molecule has 9 heteroatoms. The van der Waals surface area contributed by atoms with Crippen molar-refractivity contribution < 1.29 is 4.79 Å². The van der Waals surface area contributed by atoms with Gasteiger partial charge < -0.3 is 5.32 Å². The minimum absolute atomic E-state index is 0.276. The Hall–Kier alpha value is -4.27. The second-order valence-corrected chi connectivity index (χ2v) is 7.77. The second-order valence-electron chi connectivity index (χ2n) is 7.77. The van der Waals surface area contributed by atoms with E-state index in [9.17, 15) is 4.79 Å². The van der Waals surface area contributed by atoms with Gasteiger partial charge in [0.1, 0.15) is 0 Å². The van der Waals surface area contributed by atoms with Crippen molar-refractivity contribution in [3.05, 3.63) is 83.7 Å². The van der Waals surface area contributed by atoms with E-state index in [4.69, 9.17) is 0 Å². The third-order valence-electron chi connectivity index (χ3n) is 5.42. The molecular formula is C23H22N8O. The highest BCUT2D eigenvalue weighted by molar-refractivity contribution is 6.03. The van der Waals surface area contributed by atoms with Crippen LogP contribution in [0.15, 0.2) is 61.2 Å². The lowest BCUT2D eigenvalue weighted by Gasteiger charge is -2.04. The molecule has 0 radical (unpaired) electrons. The highest BCUT2D eigenvalue weighted by Gasteiger charge is 2.17. The molecule has 160 valence electrons. The first-order valence-corrected chi connectivity index (χ1v) is 10.2. The van der Waals surface area contributed by atoms with Crippen molar-refractivity contribution in [2.45, 2.75) is 20.4 Å². The number of aromatic nitrogens is 7. The molecule has 0 saturated heterocycles. The fraction of sp³-hybridized carbons (Fsp3) is 0.174. The predicted octanol–water partition coefficient (Wildman–Crippen LogP) is 3.24. The van der Waals surface area contributed by atoms with Crippen LogP contribution in [0.5, 0.6) is 0 Å². The molecule has 0 aliphatic rings. The van der Waals surface area contributed by atoms with Gasteiger partial charge in [0, 0.05) is 36.8 Å². The molecule has 9 nitrogen and oxygen atoms in total. The molecule has 5 aromatic rings. The number of benzene rings is 1. The van der Waals surface area contributed by atoms with Gasteiger partial charge in [-0.2, -0.15) is 15.3 Å². The third-order valence-corrected chi connectivity index (χ3v) is 5.42. The zero-order chi connectivity index (χ0) is 22.2. The largest absolute Gasteiger partial charge is 0.318 e. The molecule has 0 aliphatic carbocycles. The quantitative estimate of drug-likeness (QED) is 0.466. The Kier molecular flexibility index (Phi) is 4.78. The standard InChI is InChI=1S/C23H22N8O/c1-15-5-4-6-17(9-15)13-30-14-18(11-26-30)27-23(32)20-10-22-24-8-7-21(31(22)28-20)19-12-25-29(3)16(19)2/h4-12,14H,13H2,1-3H3,(H,27,32). The molecule has 1 amide bonds. The van der Waals surface area contributed by atoms with Crippen molar-refractivity contribution in [1.82, 2.24) is 34.2 Å². The normalized spacial score (nSPS) is 11.2. The van der Waals surface area contributed by atoms with E-state index in [-0.39, 0.29) is 11.6 Å². The van der Waals surface area contributed by atoms with Gasteiger partial charge in [-0.25, -0.2) is 9.50 Å². The molecule has 1 N–H and O–H groups in total. The van der Waals surface area contributed by atoms with Crippen LogP contribution < -0.4 is 5.32 Å². The zero-order valence-electron chi connectivity index (χ0n) is 18.0. The van der Waals surface area contributed by atoms with Gasteiger partial charge in [0.2, 0.25) is 0 Å². The number of carbonyl (C=O) groups excluding carboxylic acids is 1. The summed E-state index contributed by atoms with van der Waals surface area (Å²) < 4.78 is 5.26. The van der Waals surface area contributed by atoms with Crippen molar-refractivity contribution in [3.63, 3.8) is 0 Å². The molecular weight excluding hydrogens is 404 g/mol. The fourth-order valence-corrected chi connectivity index (χ4v) is 3.67. The van der Waals surface area contributed by atoms with Gasteiger partial charge in [0.25, 0.3) is 5.91 Å². The lowest BCUT2D eigenvalue weighted by atomic mass is 10.1. The van der Waals surface area contributed by atoms with E-state index < -0.39 is 0 Å². The van der Waals surface area contributed by atoms with Crippen LogP contribution in [0, 0.1) is 13.8 Å². The number of fused-ring (bicyclic) bond motifs is 1. The molecule has 0 bridgehead atoms. The Morgan fingerprint density at radius 3 is 2.75 bits per heavy atom. The highest BCUT2D eigenvalue weighted by Crippen LogP contribution is 2.23. The number of anilines is 1. The maximum absolute atomic E-state index is 12.8. The van der Waals surface area contributed by atoms with Gasteiger partial charge in [0.15, 0.2) is 11.3 Å². The van der Waals surface area contributed by atoms with Crippen molar-refractivity contribution in [1.29, 1.82) is 0 Å². The minimum atomic E-state index is -0.320. The van der Waals surface area contributed by atoms with E-state index in [1.807, 2.05) is 26.1 Å². The lowest BCUT2D eigenvalue weighted by molar-refractivity contribution is 0.102. The molecule has 0 saturated carbocycles. The Morgan fingerprint density at radius 1 is 1.09 bits per heavy atom. The SMILES string of the molecule is Cc1cccc(Cn2cc(NC(=O)c3cc4nccc(-c5cnn(C)c5C)n4n3)cn2)c1. The van der Waals surface area contributed by atoms with Crippen LogP contribution in [0.1, 0.15) is 27.3 Å². The van der Waals surface area contributed by atoms with Gasteiger partial charge >= 0.3 is 0 Å². The average Bonchev–Trinajstić information content (AvgIpc) is 3.48. The van der Waals surface area contributed by atoms with Crippen LogP contribution in [-0.2, 0) is 13.6 Å². The van der Waals surface area contributed by atoms with E-state index in [1.165, 1.54) is 5.56 Å². The molecule has 1 aromatic carbocycles. The number of hydrogen-bond acceptors (Lipinski definition) is 5. The second kappa shape index (κ2) is 7.77. The average molecular weight is 426 g/mol. The number of carbonyl (C=O) groups is 1. The summed E-state index contributed by atoms with van der Waals surface area (Å²) in [6, 6.07) is 11.8. The molecule has 0 fully saturated rings. The van der Waals surface area contributed by atoms with Crippen LogP contribution in [0.4, 0.5) is 5.69 Å². The Morgan fingerprint density at radius 2 is 1.97 bits per heavy atom. The molecule has 32 heavy (non-hydrogen) atoms. The molecule has 0 atom stereocenters. The summed E-state index contributed by atoms with van der Waals surface area (Å²) in [5, 5.41) is 16.0. The smallest absolute Gasteiger partial charge is 0.276 e. The summed E-state index contributed by atoms with van der Waals surface area (Å²) in [7, 11) is 1.89. The fourth-order valence-electron chi connectivity index (χ4n) is 3.67. The predicted molar refractivity (Wildman–Crippen MR) is 120 cm³/mol. The Labute approximate surface area is 184 Å². The van der Waals surface area contributed by atoms with Gasteiger partial charge in [-0.05, 0) is 25.5 Å². The summed E-state index contributed by atoms with van der Waals surface area (Å²) in [4.78, 5) is 17.2. The molecule has 0 unspecified atom stereocenters. The van der Waals surface area contributed by atoms with Gasteiger partial charge in [-0.3, -0.25) is 14.2 Å². The minimum Gasteiger partial charge on any atom is -0.318 e. The molecule has 5 rings (SSSR count). The van der Waals surface area contributed by atoms with Crippen LogP contribution in [-0.4, -0.2) is 40.1 Å². The van der Waals surface area contributed by atoms with E-state index in [1.54, 1.807) is 44.7 Å². The summed E-state index contributed by atoms with van der Waals surface area (Å²) >= 11 is 0. The van der Waals surface area contributed by atoms with Crippen molar-refractivity contribution >= 4 is 17.2 Å². The van der Waals surface area contributed by atoms with Crippen LogP contribution in [0.3, 0.4) is 0 Å². The maximum Gasteiger partial charge on any atom is 0.276 e. The number of aryl methyl sites for hydroxylation is 2. The summed E-state index contributed by atoms with van der Waals surface area (Å²) in [5.41, 5.74) is 6.58. The number of rotatable bonds is 5. The maximum atomic E-state index is 12.8. The third kappa shape index (κ3) is 3.64. The highest BCUT2D eigenvalue weighted by atomic mass is 16.2. The topological polar surface area (TPSA) is 94.9 Å². The molecule has 0 spiro atoms. The Balaban J connectivity index is 1.37. The van der Waals surface area contributed by atoms with E-state index >= 15 is 0 Å². The molecule has 0 aliphatic heterocycles. The van der Waals surface area contributed by atoms with Crippen LogP contribution in [0.25, 0.3) is 16.9 Å². The number of nitrogens with zero attached hydrogens (tertiary/aromatic N) is 7. The first-order valence-electron chi connectivity index (χ1n) is 10.2. The molecule has 4 heterocycles. The van der Waals surface area contributed by atoms with Crippen LogP contribution in [0.2, 0.25) is 0 Å². The summed E-state index contributed by atoms with van der Waals surface area (Å²) in [5.74, 6) is -0.320. The first-order chi connectivity index (χ1) is 15.5. The van der Waals surface area contributed by atoms with Gasteiger partial charge in [-0.1, -0.05) is 29.8 Å². The van der Waals surface area contributed by atoms with Crippen molar-refractivity contribution in [2.24, 2.45) is 7.05 Å². The monoisotopic (exact) mass is 426 g/mol. The molecule has 4 aromatic heterocycles. The van der Waals surface area contributed by atoms with Crippen molar-refractivity contribution in [2.75, 3.05) is 5.32 Å². The number of amides is 1. The summed E-state index contributed by atoms with van der Waals surface area (Å²) in [6.45, 7) is 4.67.